The van der Waals surface area contributed by atoms with Crippen LogP contribution in [0.15, 0.2) is 82.8 Å². The normalized spacial score (nSPS) is 18.4. The van der Waals surface area contributed by atoms with Crippen LogP contribution in [0.2, 0.25) is 0 Å². The number of benzene rings is 2. The van der Waals surface area contributed by atoms with Gasteiger partial charge in [-0.2, -0.15) is 0 Å². The van der Waals surface area contributed by atoms with Crippen LogP contribution >= 0.6 is 18.7 Å². The highest BCUT2D eigenvalue weighted by atomic mass is 35.5. The lowest BCUT2D eigenvalue weighted by Gasteiger charge is -2.37. The maximum absolute atomic E-state index is 12.8. The molecule has 1 amide bonds. The number of para-hydroxylation sites is 1. The van der Waals surface area contributed by atoms with Crippen LogP contribution in [-0.4, -0.2) is 70.3 Å². The molecule has 228 valence electrons. The Kier molecular flexibility index (Phi) is 10.6. The molecule has 0 bridgehead atoms. The second-order valence-corrected chi connectivity index (χ2v) is 14.6. The number of nitrogens with one attached hydrogen (secondary N) is 3. The predicted octanol–water partition coefficient (Wildman–Crippen LogP) is 6.04. The van der Waals surface area contributed by atoms with Crippen molar-refractivity contribution in [3.8, 4) is 5.75 Å². The number of hydrogen-bond donors (Lipinski definition) is 3. The molecule has 2 heterocycles. The maximum Gasteiger partial charge on any atom is 0.247 e. The van der Waals surface area contributed by atoms with Gasteiger partial charge in [-0.15, -0.1) is 0 Å². The predicted molar refractivity (Wildman–Crippen MR) is 181 cm³/mol. The molecular formula is C32H40ClN6O3P. The SMILES string of the molecule is C=CC(=O)Nc1cc(N/C2=N/C=C(/Cl)C(Nc3ccccc3P(C)(C)=O)=C=CC2)c(OC)cc1N1CCC(N(C)C)CC1. The Hall–Kier alpha value is -3.74. The summed E-state index contributed by atoms with van der Waals surface area (Å²) in [5.74, 6) is 0.925. The average molecular weight is 623 g/mol. The van der Waals surface area contributed by atoms with Gasteiger partial charge in [-0.25, -0.2) is 4.99 Å². The summed E-state index contributed by atoms with van der Waals surface area (Å²) >= 11 is 6.62. The lowest BCUT2D eigenvalue weighted by molar-refractivity contribution is -0.111. The molecule has 0 spiro atoms. The number of amidine groups is 1. The summed E-state index contributed by atoms with van der Waals surface area (Å²) in [5, 5.41) is 10.7. The van der Waals surface area contributed by atoms with Crippen LogP contribution in [0.25, 0.3) is 0 Å². The van der Waals surface area contributed by atoms with Gasteiger partial charge < -0.3 is 35.1 Å². The van der Waals surface area contributed by atoms with E-state index >= 15 is 0 Å². The van der Waals surface area contributed by atoms with Crippen LogP contribution in [0.3, 0.4) is 0 Å². The molecule has 2 aliphatic rings. The van der Waals surface area contributed by atoms with Crippen molar-refractivity contribution in [3.63, 3.8) is 0 Å². The van der Waals surface area contributed by atoms with Crippen LogP contribution in [0.5, 0.6) is 5.75 Å². The minimum absolute atomic E-state index is 0.296. The number of halogens is 1. The molecule has 0 radical (unpaired) electrons. The highest BCUT2D eigenvalue weighted by molar-refractivity contribution is 7.70. The van der Waals surface area contributed by atoms with Gasteiger partial charge in [0.05, 0.1) is 35.4 Å². The molecule has 4 rings (SSSR count). The van der Waals surface area contributed by atoms with Crippen molar-refractivity contribution in [2.75, 3.05) is 68.5 Å². The summed E-state index contributed by atoms with van der Waals surface area (Å²) in [4.78, 5) is 21.5. The first kappa shape index (κ1) is 32.2. The van der Waals surface area contributed by atoms with E-state index in [0.717, 1.165) is 36.9 Å². The van der Waals surface area contributed by atoms with Gasteiger partial charge in [-0.1, -0.05) is 36.0 Å². The zero-order chi connectivity index (χ0) is 31.1. The Morgan fingerprint density at radius 3 is 2.53 bits per heavy atom. The summed E-state index contributed by atoms with van der Waals surface area (Å²) in [6.07, 6.45) is 7.08. The standard InChI is InChI=1S/C32H40ClN6O3P/c1-7-32(40)37-26-19-27(29(42-4)20-28(26)39-17-15-22(16-18-39)38(2)3)36-31-14-10-12-24(23(33)21-34-31)35-25-11-8-9-13-30(25)43(5,6)41/h7-11,13,19-22,35H,1,14-18H2,2-6H3,(H,34,36)(H,37,40)/b23-21+. The van der Waals surface area contributed by atoms with Crippen molar-refractivity contribution in [1.29, 1.82) is 0 Å². The van der Waals surface area contributed by atoms with Gasteiger partial charge in [0.25, 0.3) is 0 Å². The Balaban J connectivity index is 1.59. The van der Waals surface area contributed by atoms with Gasteiger partial charge in [-0.3, -0.25) is 4.79 Å². The number of carbonyl (C=O) groups is 1. The zero-order valence-electron chi connectivity index (χ0n) is 25.4. The van der Waals surface area contributed by atoms with E-state index in [1.54, 1.807) is 26.6 Å². The molecule has 0 unspecified atom stereocenters. The number of carbonyl (C=O) groups excluding carboxylic acids is 1. The number of aliphatic imine (C=N–C) groups is 1. The Labute approximate surface area is 259 Å². The number of anilines is 4. The fourth-order valence-electron chi connectivity index (χ4n) is 5.09. The van der Waals surface area contributed by atoms with Crippen LogP contribution in [0.1, 0.15) is 19.3 Å². The lowest BCUT2D eigenvalue weighted by Crippen LogP contribution is -2.42. The van der Waals surface area contributed by atoms with Crippen molar-refractivity contribution in [2.45, 2.75) is 25.3 Å². The van der Waals surface area contributed by atoms with Crippen molar-refractivity contribution in [3.05, 3.63) is 77.8 Å². The minimum Gasteiger partial charge on any atom is -0.494 e. The van der Waals surface area contributed by atoms with E-state index in [4.69, 9.17) is 16.3 Å². The monoisotopic (exact) mass is 622 g/mol. The molecule has 2 aromatic carbocycles. The molecule has 9 nitrogen and oxygen atoms in total. The summed E-state index contributed by atoms with van der Waals surface area (Å²) in [6, 6.07) is 11.8. The van der Waals surface area contributed by atoms with Crippen molar-refractivity contribution < 1.29 is 14.1 Å². The molecule has 1 saturated heterocycles. The number of amides is 1. The number of methoxy groups -OCH3 is 1. The molecule has 3 N–H and O–H groups in total. The number of rotatable bonds is 9. The molecule has 1 fully saturated rings. The van der Waals surface area contributed by atoms with Crippen molar-refractivity contribution in [2.24, 2.45) is 4.99 Å². The molecule has 0 aliphatic carbocycles. The second kappa shape index (κ2) is 14.2. The van der Waals surface area contributed by atoms with Crippen LogP contribution < -0.4 is 30.9 Å². The van der Waals surface area contributed by atoms with Crippen LogP contribution in [0, 0.1) is 0 Å². The first-order valence-corrected chi connectivity index (χ1v) is 17.1. The van der Waals surface area contributed by atoms with E-state index in [9.17, 15) is 9.36 Å². The first-order chi connectivity index (χ1) is 20.5. The van der Waals surface area contributed by atoms with Gasteiger partial charge >= 0.3 is 0 Å². The van der Waals surface area contributed by atoms with Gasteiger partial charge in [0.15, 0.2) is 0 Å². The van der Waals surface area contributed by atoms with Gasteiger partial charge in [0, 0.05) is 42.6 Å². The van der Waals surface area contributed by atoms with E-state index in [1.807, 2.05) is 42.5 Å². The van der Waals surface area contributed by atoms with E-state index in [2.05, 4.69) is 57.1 Å². The third-order valence-electron chi connectivity index (χ3n) is 7.43. The fourth-order valence-corrected chi connectivity index (χ4v) is 6.40. The summed E-state index contributed by atoms with van der Waals surface area (Å²) in [6.45, 7) is 8.80. The molecule has 2 aliphatic heterocycles. The smallest absolute Gasteiger partial charge is 0.247 e. The van der Waals surface area contributed by atoms with E-state index < -0.39 is 7.14 Å². The largest absolute Gasteiger partial charge is 0.494 e. The third-order valence-corrected chi connectivity index (χ3v) is 9.27. The molecule has 43 heavy (non-hydrogen) atoms. The Morgan fingerprint density at radius 2 is 1.88 bits per heavy atom. The molecular weight excluding hydrogens is 583 g/mol. The number of piperidine rings is 1. The minimum atomic E-state index is -2.52. The van der Waals surface area contributed by atoms with Gasteiger partial charge in [0.2, 0.25) is 5.91 Å². The Morgan fingerprint density at radius 1 is 1.16 bits per heavy atom. The topological polar surface area (TPSA) is 98.3 Å². The van der Waals surface area contributed by atoms with Gasteiger partial charge in [-0.05, 0) is 70.6 Å². The fraction of sp³-hybridized carbons (Fsp3) is 0.344. The molecule has 0 aromatic heterocycles. The summed E-state index contributed by atoms with van der Waals surface area (Å²) in [5.41, 5.74) is 6.64. The van der Waals surface area contributed by atoms with Crippen LogP contribution in [-0.2, 0) is 9.36 Å². The maximum atomic E-state index is 12.8. The molecule has 11 heteroatoms. The second-order valence-electron chi connectivity index (χ2n) is 11.0. The highest BCUT2D eigenvalue weighted by Gasteiger charge is 2.24. The highest BCUT2D eigenvalue weighted by Crippen LogP contribution is 2.40. The first-order valence-electron chi connectivity index (χ1n) is 14.1. The van der Waals surface area contributed by atoms with Gasteiger partial charge in [0.1, 0.15) is 24.4 Å². The summed E-state index contributed by atoms with van der Waals surface area (Å²) < 4.78 is 18.6. The molecule has 2 aromatic rings. The quantitative estimate of drug-likeness (QED) is 0.178. The van der Waals surface area contributed by atoms with Crippen molar-refractivity contribution in [1.82, 2.24) is 4.90 Å². The van der Waals surface area contributed by atoms with E-state index in [0.29, 0.717) is 51.8 Å². The molecule has 0 saturated carbocycles. The molecule has 0 atom stereocenters. The van der Waals surface area contributed by atoms with E-state index in [1.165, 1.54) is 6.08 Å². The zero-order valence-corrected chi connectivity index (χ0v) is 27.1. The number of nitrogens with zero attached hydrogens (tertiary/aromatic N) is 3. The number of hydrogen-bond acceptors (Lipinski definition) is 8. The number of ether oxygens (including phenoxy) is 1. The van der Waals surface area contributed by atoms with Crippen LogP contribution in [0.4, 0.5) is 22.7 Å². The lowest BCUT2D eigenvalue weighted by atomic mass is 10.0. The third kappa shape index (κ3) is 8.21. The average Bonchev–Trinajstić information content (AvgIpc) is 2.98. The van der Waals surface area contributed by atoms with Crippen molar-refractivity contribution >= 4 is 58.5 Å². The Bertz CT molecular complexity index is 1550. The summed E-state index contributed by atoms with van der Waals surface area (Å²) in [7, 11) is 3.32. The van der Waals surface area contributed by atoms with E-state index in [-0.39, 0.29) is 5.91 Å².